The minimum atomic E-state index is 0.745. The molecule has 90 valence electrons. The lowest BCUT2D eigenvalue weighted by molar-refractivity contribution is 0.0988. The lowest BCUT2D eigenvalue weighted by atomic mass is 9.90. The van der Waals surface area contributed by atoms with E-state index in [4.69, 9.17) is 0 Å². The first kappa shape index (κ1) is 13.0. The van der Waals surface area contributed by atoms with Gasteiger partial charge in [-0.15, -0.1) is 0 Å². The van der Waals surface area contributed by atoms with Gasteiger partial charge in [-0.25, -0.2) is 0 Å². The molecule has 3 unspecified atom stereocenters. The Morgan fingerprint density at radius 3 is 2.40 bits per heavy atom. The summed E-state index contributed by atoms with van der Waals surface area (Å²) in [5.41, 5.74) is 0. The van der Waals surface area contributed by atoms with Gasteiger partial charge in [-0.2, -0.15) is 0 Å². The molecule has 1 fully saturated rings. The molecule has 1 heterocycles. The van der Waals surface area contributed by atoms with Crippen LogP contribution in [0, 0.1) is 11.8 Å². The van der Waals surface area contributed by atoms with Crippen molar-refractivity contribution < 1.29 is 0 Å². The molecule has 1 N–H and O–H groups in total. The molecule has 2 nitrogen and oxygen atoms in total. The van der Waals surface area contributed by atoms with Gasteiger partial charge in [0.05, 0.1) is 0 Å². The number of rotatable bonds is 5. The lowest BCUT2D eigenvalue weighted by Crippen LogP contribution is -2.44. The average Bonchev–Trinajstić information content (AvgIpc) is 2.16. The van der Waals surface area contributed by atoms with Crippen LogP contribution in [0.3, 0.4) is 0 Å². The van der Waals surface area contributed by atoms with Crippen LogP contribution < -0.4 is 5.32 Å². The maximum absolute atomic E-state index is 3.41. The van der Waals surface area contributed by atoms with Crippen molar-refractivity contribution in [1.29, 1.82) is 0 Å². The molecule has 15 heavy (non-hydrogen) atoms. The van der Waals surface area contributed by atoms with Crippen molar-refractivity contribution in [2.24, 2.45) is 11.8 Å². The van der Waals surface area contributed by atoms with E-state index in [9.17, 15) is 0 Å². The summed E-state index contributed by atoms with van der Waals surface area (Å²) >= 11 is 0. The Morgan fingerprint density at radius 2 is 1.87 bits per heavy atom. The minimum Gasteiger partial charge on any atom is -0.317 e. The molecule has 0 spiro atoms. The Hall–Kier alpha value is -0.0800. The quantitative estimate of drug-likeness (QED) is 0.704. The van der Waals surface area contributed by atoms with Crippen molar-refractivity contribution >= 4 is 0 Å². The standard InChI is InChI=1S/C13H28N2/c1-5-14-7-6-13(4)15-9-11(2)8-12(3)10-15/h11-14H,5-10H2,1-4H3. The monoisotopic (exact) mass is 212 g/mol. The fraction of sp³-hybridized carbons (Fsp3) is 1.00. The molecule has 1 aliphatic rings. The zero-order valence-electron chi connectivity index (χ0n) is 10.9. The van der Waals surface area contributed by atoms with E-state index < -0.39 is 0 Å². The number of hydrogen-bond acceptors (Lipinski definition) is 2. The van der Waals surface area contributed by atoms with Crippen molar-refractivity contribution in [3.05, 3.63) is 0 Å². The van der Waals surface area contributed by atoms with Crippen LogP contribution in [0.15, 0.2) is 0 Å². The highest BCUT2D eigenvalue weighted by molar-refractivity contribution is 4.78. The number of nitrogens with zero attached hydrogens (tertiary/aromatic N) is 1. The van der Waals surface area contributed by atoms with E-state index in [1.807, 2.05) is 0 Å². The molecule has 0 aliphatic carbocycles. The molecule has 1 aliphatic heterocycles. The third-order valence-electron chi connectivity index (χ3n) is 3.51. The molecule has 1 saturated heterocycles. The summed E-state index contributed by atoms with van der Waals surface area (Å²) in [7, 11) is 0. The molecule has 3 atom stereocenters. The van der Waals surface area contributed by atoms with Crippen molar-refractivity contribution in [3.63, 3.8) is 0 Å². The van der Waals surface area contributed by atoms with Gasteiger partial charge in [0.15, 0.2) is 0 Å². The molecule has 0 radical (unpaired) electrons. The molecular formula is C13H28N2. The van der Waals surface area contributed by atoms with E-state index in [0.717, 1.165) is 31.0 Å². The first-order valence-electron chi connectivity index (χ1n) is 6.58. The molecule has 0 aromatic rings. The summed E-state index contributed by atoms with van der Waals surface area (Å²) < 4.78 is 0. The van der Waals surface area contributed by atoms with Crippen LogP contribution in [0.1, 0.15) is 40.5 Å². The van der Waals surface area contributed by atoms with Crippen LogP contribution in [0.2, 0.25) is 0 Å². The van der Waals surface area contributed by atoms with Crippen LogP contribution in [-0.2, 0) is 0 Å². The summed E-state index contributed by atoms with van der Waals surface area (Å²) in [4.78, 5) is 2.68. The van der Waals surface area contributed by atoms with Crippen molar-refractivity contribution in [2.45, 2.75) is 46.6 Å². The Labute approximate surface area is 95.4 Å². The molecule has 1 rings (SSSR count). The molecular weight excluding hydrogens is 184 g/mol. The number of likely N-dealkylation sites (tertiary alicyclic amines) is 1. The Bertz CT molecular complexity index is 160. The predicted octanol–water partition coefficient (Wildman–Crippen LogP) is 2.35. The molecule has 0 saturated carbocycles. The highest BCUT2D eigenvalue weighted by atomic mass is 15.2. The zero-order chi connectivity index (χ0) is 11.3. The first-order valence-corrected chi connectivity index (χ1v) is 6.58. The average molecular weight is 212 g/mol. The maximum Gasteiger partial charge on any atom is 0.00792 e. The van der Waals surface area contributed by atoms with Gasteiger partial charge in [-0.3, -0.25) is 0 Å². The SMILES string of the molecule is CCNCCC(C)N1CC(C)CC(C)C1. The molecule has 0 aromatic heterocycles. The van der Waals surface area contributed by atoms with Crippen LogP contribution in [0.4, 0.5) is 0 Å². The third-order valence-corrected chi connectivity index (χ3v) is 3.51. The summed E-state index contributed by atoms with van der Waals surface area (Å²) in [5, 5.41) is 3.41. The largest absolute Gasteiger partial charge is 0.317 e. The number of hydrogen-bond donors (Lipinski definition) is 1. The van der Waals surface area contributed by atoms with E-state index in [2.05, 4.69) is 37.9 Å². The van der Waals surface area contributed by atoms with Gasteiger partial charge in [0, 0.05) is 19.1 Å². The van der Waals surface area contributed by atoms with Crippen LogP contribution in [0.5, 0.6) is 0 Å². The van der Waals surface area contributed by atoms with Crippen molar-refractivity contribution in [3.8, 4) is 0 Å². The van der Waals surface area contributed by atoms with E-state index >= 15 is 0 Å². The molecule has 2 heteroatoms. The van der Waals surface area contributed by atoms with Gasteiger partial charge in [0.1, 0.15) is 0 Å². The second-order valence-corrected chi connectivity index (χ2v) is 5.39. The van der Waals surface area contributed by atoms with Crippen LogP contribution >= 0.6 is 0 Å². The first-order chi connectivity index (χ1) is 7.13. The van der Waals surface area contributed by atoms with Gasteiger partial charge < -0.3 is 10.2 Å². The lowest BCUT2D eigenvalue weighted by Gasteiger charge is -2.39. The Balaban J connectivity index is 2.28. The Kier molecular flexibility index (Phi) is 5.62. The zero-order valence-corrected chi connectivity index (χ0v) is 10.9. The number of piperidine rings is 1. The van der Waals surface area contributed by atoms with Gasteiger partial charge in [0.25, 0.3) is 0 Å². The predicted molar refractivity (Wildman–Crippen MR) is 67.1 cm³/mol. The van der Waals surface area contributed by atoms with Crippen molar-refractivity contribution in [2.75, 3.05) is 26.2 Å². The van der Waals surface area contributed by atoms with Crippen LogP contribution in [-0.4, -0.2) is 37.1 Å². The Morgan fingerprint density at radius 1 is 1.27 bits per heavy atom. The molecule has 0 aromatic carbocycles. The number of nitrogens with one attached hydrogen (secondary N) is 1. The fourth-order valence-corrected chi connectivity index (χ4v) is 2.74. The van der Waals surface area contributed by atoms with Crippen molar-refractivity contribution in [1.82, 2.24) is 10.2 Å². The van der Waals surface area contributed by atoms with Gasteiger partial charge in [0.2, 0.25) is 0 Å². The van der Waals surface area contributed by atoms with E-state index in [1.54, 1.807) is 0 Å². The second-order valence-electron chi connectivity index (χ2n) is 5.39. The maximum atomic E-state index is 3.41. The fourth-order valence-electron chi connectivity index (χ4n) is 2.74. The van der Waals surface area contributed by atoms with Gasteiger partial charge >= 0.3 is 0 Å². The topological polar surface area (TPSA) is 15.3 Å². The molecule has 0 amide bonds. The summed E-state index contributed by atoms with van der Waals surface area (Å²) in [6.07, 6.45) is 2.70. The smallest absolute Gasteiger partial charge is 0.00792 e. The highest BCUT2D eigenvalue weighted by Crippen LogP contribution is 2.23. The van der Waals surface area contributed by atoms with E-state index in [-0.39, 0.29) is 0 Å². The minimum absolute atomic E-state index is 0.745. The van der Waals surface area contributed by atoms with Gasteiger partial charge in [-0.05, 0) is 44.7 Å². The summed E-state index contributed by atoms with van der Waals surface area (Å²) in [6, 6.07) is 0.745. The second kappa shape index (κ2) is 6.49. The van der Waals surface area contributed by atoms with Gasteiger partial charge in [-0.1, -0.05) is 20.8 Å². The van der Waals surface area contributed by atoms with Crippen LogP contribution in [0.25, 0.3) is 0 Å². The molecule has 0 bridgehead atoms. The highest BCUT2D eigenvalue weighted by Gasteiger charge is 2.24. The summed E-state index contributed by atoms with van der Waals surface area (Å²) in [5.74, 6) is 1.77. The third kappa shape index (κ3) is 4.52. The van der Waals surface area contributed by atoms with E-state index in [1.165, 1.54) is 25.9 Å². The normalized spacial score (nSPS) is 30.4. The van der Waals surface area contributed by atoms with E-state index in [0.29, 0.717) is 0 Å². The summed E-state index contributed by atoms with van der Waals surface area (Å²) in [6.45, 7) is 14.2.